The second kappa shape index (κ2) is 16.2. The van der Waals surface area contributed by atoms with Crippen LogP contribution < -0.4 is 17.1 Å². The van der Waals surface area contributed by atoms with Gasteiger partial charge in [0.25, 0.3) is 0 Å². The summed E-state index contributed by atoms with van der Waals surface area (Å²) in [6.45, 7) is 5.03. The van der Waals surface area contributed by atoms with Gasteiger partial charge in [-0.1, -0.05) is 64.7 Å². The Kier molecular flexibility index (Phi) is 15.7. The fraction of sp³-hybridized carbons (Fsp3) is 0.739. The van der Waals surface area contributed by atoms with Crippen molar-refractivity contribution in [1.29, 1.82) is 0 Å². The van der Waals surface area contributed by atoms with E-state index < -0.39 is 0 Å². The van der Waals surface area contributed by atoms with Crippen LogP contribution in [0.4, 0.5) is 0 Å². The van der Waals surface area contributed by atoms with Gasteiger partial charge < -0.3 is 26.7 Å². The molecule has 0 aliphatic heterocycles. The molecule has 1 N–H and O–H groups in total. The van der Waals surface area contributed by atoms with E-state index in [-0.39, 0.29) is 19.0 Å². The predicted molar refractivity (Wildman–Crippen MR) is 112 cm³/mol. The van der Waals surface area contributed by atoms with Gasteiger partial charge in [0, 0.05) is 5.56 Å². The van der Waals surface area contributed by atoms with Crippen molar-refractivity contribution in [3.63, 3.8) is 0 Å². The molecule has 3 nitrogen and oxygen atoms in total. The van der Waals surface area contributed by atoms with E-state index in [1.807, 2.05) is 0 Å². The third kappa shape index (κ3) is 14.0. The van der Waals surface area contributed by atoms with Crippen molar-refractivity contribution in [3.05, 3.63) is 29.8 Å². The quantitative estimate of drug-likeness (QED) is 0.342. The van der Waals surface area contributed by atoms with Gasteiger partial charge in [-0.05, 0) is 30.7 Å². The number of hydrogen-bond donors (Lipinski definition) is 1. The lowest BCUT2D eigenvalue weighted by Gasteiger charge is -2.29. The minimum absolute atomic E-state index is 0. The fourth-order valence-corrected chi connectivity index (χ4v) is 3.31. The zero-order valence-electron chi connectivity index (χ0n) is 17.9. The second-order valence-corrected chi connectivity index (χ2v) is 8.22. The lowest BCUT2D eigenvalue weighted by atomic mass is 10.1. The Morgan fingerprint density at radius 2 is 1.33 bits per heavy atom. The first-order valence-electron chi connectivity index (χ1n) is 10.7. The Labute approximate surface area is 174 Å². The molecule has 0 aromatic heterocycles. The summed E-state index contributed by atoms with van der Waals surface area (Å²) in [5.41, 5.74) is 1.29. The number of quaternary nitrogens is 1. The van der Waals surface area contributed by atoms with Gasteiger partial charge in [0.15, 0.2) is 0 Å². The highest BCUT2D eigenvalue weighted by atomic mass is 35.5. The number of halogens is 1. The van der Waals surface area contributed by atoms with Crippen molar-refractivity contribution < 1.29 is 26.7 Å². The first-order chi connectivity index (χ1) is 12.6. The molecule has 0 aliphatic carbocycles. The number of hydrogen-bond acceptors (Lipinski definition) is 2. The Hall–Kier alpha value is -0.770. The molecular weight excluding hydrogens is 358 g/mol. The van der Waals surface area contributed by atoms with Gasteiger partial charge in [-0.25, -0.2) is 0 Å². The third-order valence-electron chi connectivity index (χ3n) is 5.01. The fourth-order valence-electron chi connectivity index (χ4n) is 3.31. The average molecular weight is 400 g/mol. The number of nitrogens with zero attached hydrogens (tertiary/aromatic N) is 1. The lowest BCUT2D eigenvalue weighted by molar-refractivity contribution is -0.903. The van der Waals surface area contributed by atoms with E-state index >= 15 is 0 Å². The summed E-state index contributed by atoms with van der Waals surface area (Å²) in [6.07, 6.45) is 13.5. The van der Waals surface area contributed by atoms with Crippen molar-refractivity contribution in [2.75, 3.05) is 33.9 Å². The molecule has 1 aromatic carbocycles. The number of likely N-dealkylation sites (N-methyl/N-ethyl adjacent to an activating group) is 1. The lowest BCUT2D eigenvalue weighted by Crippen LogP contribution is -3.00. The van der Waals surface area contributed by atoms with Gasteiger partial charge in [-0.2, -0.15) is 0 Å². The maximum atomic E-state index is 9.12. The van der Waals surface area contributed by atoms with Crippen LogP contribution in [0.3, 0.4) is 0 Å². The van der Waals surface area contributed by atoms with Crippen LogP contribution in [0.2, 0.25) is 0 Å². The zero-order valence-corrected chi connectivity index (χ0v) is 18.6. The summed E-state index contributed by atoms with van der Waals surface area (Å²) in [4.78, 5) is 0. The van der Waals surface area contributed by atoms with Crippen LogP contribution in [0.15, 0.2) is 24.3 Å². The number of aliphatic hydroxyl groups is 1. The van der Waals surface area contributed by atoms with Crippen molar-refractivity contribution in [3.8, 4) is 5.75 Å². The first kappa shape index (κ1) is 26.2. The van der Waals surface area contributed by atoms with E-state index in [9.17, 15) is 0 Å². The van der Waals surface area contributed by atoms with Crippen LogP contribution in [-0.2, 0) is 6.54 Å². The molecule has 0 heterocycles. The maximum absolute atomic E-state index is 9.12. The monoisotopic (exact) mass is 399 g/mol. The van der Waals surface area contributed by atoms with Crippen molar-refractivity contribution in [1.82, 2.24) is 0 Å². The third-order valence-corrected chi connectivity index (χ3v) is 5.01. The molecule has 0 radical (unpaired) electrons. The number of benzene rings is 1. The van der Waals surface area contributed by atoms with Gasteiger partial charge in [0.2, 0.25) is 0 Å². The molecule has 0 aliphatic rings. The van der Waals surface area contributed by atoms with Gasteiger partial charge in [0.1, 0.15) is 18.8 Å². The molecule has 0 bridgehead atoms. The van der Waals surface area contributed by atoms with Crippen LogP contribution in [0.5, 0.6) is 5.75 Å². The van der Waals surface area contributed by atoms with Crippen LogP contribution in [0, 0.1) is 0 Å². The van der Waals surface area contributed by atoms with E-state index in [0.29, 0.717) is 0 Å². The number of unbranched alkanes of at least 4 members (excludes halogenated alkanes) is 9. The molecule has 158 valence electrons. The molecule has 0 fully saturated rings. The molecular formula is C23H42ClNO2. The summed E-state index contributed by atoms with van der Waals surface area (Å²) in [5.74, 6) is 0.970. The average Bonchev–Trinajstić information content (AvgIpc) is 2.60. The molecule has 0 atom stereocenters. The molecule has 0 saturated heterocycles. The Bertz CT molecular complexity index is 448. The number of rotatable bonds is 16. The highest BCUT2D eigenvalue weighted by molar-refractivity contribution is 5.26. The van der Waals surface area contributed by atoms with Gasteiger partial charge in [-0.3, -0.25) is 0 Å². The van der Waals surface area contributed by atoms with Crippen LogP contribution >= 0.6 is 0 Å². The van der Waals surface area contributed by atoms with E-state index in [0.717, 1.165) is 36.3 Å². The molecule has 0 saturated carbocycles. The SMILES string of the molecule is CCCCCCCCCCCCOc1ccc(C[N+](C)(C)CCO)cc1.[Cl-]. The number of ether oxygens (including phenoxy) is 1. The predicted octanol–water partition coefficient (Wildman–Crippen LogP) is 2.56. The Morgan fingerprint density at radius 3 is 1.85 bits per heavy atom. The summed E-state index contributed by atoms with van der Waals surface area (Å²) in [6, 6.07) is 8.44. The van der Waals surface area contributed by atoms with Gasteiger partial charge in [-0.15, -0.1) is 0 Å². The smallest absolute Gasteiger partial charge is 0.119 e. The van der Waals surface area contributed by atoms with Crippen molar-refractivity contribution >= 4 is 0 Å². The van der Waals surface area contributed by atoms with Crippen LogP contribution in [0.1, 0.15) is 76.7 Å². The van der Waals surface area contributed by atoms with E-state index in [2.05, 4.69) is 45.3 Å². The summed E-state index contributed by atoms with van der Waals surface area (Å²) >= 11 is 0. The van der Waals surface area contributed by atoms with E-state index in [1.54, 1.807) is 0 Å². The topological polar surface area (TPSA) is 29.5 Å². The van der Waals surface area contributed by atoms with Crippen LogP contribution in [-0.4, -0.2) is 43.4 Å². The molecule has 0 spiro atoms. The van der Waals surface area contributed by atoms with E-state index in [1.165, 1.54) is 63.4 Å². The second-order valence-electron chi connectivity index (χ2n) is 8.22. The molecule has 1 rings (SSSR count). The molecule has 0 amide bonds. The van der Waals surface area contributed by atoms with Crippen LogP contribution in [0.25, 0.3) is 0 Å². The molecule has 4 heteroatoms. The molecule has 0 unspecified atom stereocenters. The standard InChI is InChI=1S/C23H42NO2.ClH/c1-4-5-6-7-8-9-10-11-12-13-20-26-23-16-14-22(15-17-23)21-24(2,3)18-19-25;/h14-17,25H,4-13,18-21H2,1-3H3;1H/q+1;/p-1. The normalized spacial score (nSPS) is 11.3. The van der Waals surface area contributed by atoms with Crippen molar-refractivity contribution in [2.45, 2.75) is 77.7 Å². The summed E-state index contributed by atoms with van der Waals surface area (Å²) < 4.78 is 6.67. The Balaban J connectivity index is 0.00000676. The highest BCUT2D eigenvalue weighted by Crippen LogP contribution is 2.16. The van der Waals surface area contributed by atoms with Gasteiger partial charge in [0.05, 0.1) is 27.3 Å². The zero-order chi connectivity index (χ0) is 19.1. The molecule has 1 aromatic rings. The number of aliphatic hydroxyl groups excluding tert-OH is 1. The van der Waals surface area contributed by atoms with Gasteiger partial charge >= 0.3 is 0 Å². The maximum Gasteiger partial charge on any atom is 0.119 e. The Morgan fingerprint density at radius 1 is 0.815 bits per heavy atom. The first-order valence-corrected chi connectivity index (χ1v) is 10.7. The van der Waals surface area contributed by atoms with Crippen molar-refractivity contribution in [2.24, 2.45) is 0 Å². The molecule has 27 heavy (non-hydrogen) atoms. The minimum atomic E-state index is 0. The summed E-state index contributed by atoms with van der Waals surface area (Å²) in [5, 5.41) is 9.12. The minimum Gasteiger partial charge on any atom is -1.00 e. The largest absolute Gasteiger partial charge is 1.00 e. The summed E-state index contributed by atoms with van der Waals surface area (Å²) in [7, 11) is 4.29. The van der Waals surface area contributed by atoms with E-state index in [4.69, 9.17) is 9.84 Å². The highest BCUT2D eigenvalue weighted by Gasteiger charge is 2.14.